The van der Waals surface area contributed by atoms with Gasteiger partial charge >= 0.3 is 0 Å². The molecule has 0 spiro atoms. The summed E-state index contributed by atoms with van der Waals surface area (Å²) in [6.45, 7) is 3.47. The van der Waals surface area contributed by atoms with E-state index in [0.29, 0.717) is 5.56 Å². The van der Waals surface area contributed by atoms with E-state index in [2.05, 4.69) is 10.2 Å². The van der Waals surface area contributed by atoms with E-state index in [0.717, 1.165) is 0 Å². The summed E-state index contributed by atoms with van der Waals surface area (Å²) in [7, 11) is -4.06. The maximum Gasteiger partial charge on any atom is 0.283 e. The zero-order valence-corrected chi connectivity index (χ0v) is 12.2. The van der Waals surface area contributed by atoms with Crippen LogP contribution in [0.4, 0.5) is 5.69 Å². The minimum atomic E-state index is -4.06. The van der Waals surface area contributed by atoms with Crippen molar-refractivity contribution in [2.45, 2.75) is 25.5 Å². The van der Waals surface area contributed by atoms with E-state index in [4.69, 9.17) is 5.14 Å². The van der Waals surface area contributed by atoms with Gasteiger partial charge in [0.05, 0.1) is 10.5 Å². The quantitative estimate of drug-likeness (QED) is 0.656. The van der Waals surface area contributed by atoms with Gasteiger partial charge in [-0.2, -0.15) is 0 Å². The maximum absolute atomic E-state index is 11.5. The van der Waals surface area contributed by atoms with Crippen LogP contribution in [-0.2, 0) is 16.6 Å². The van der Waals surface area contributed by atoms with Crippen LogP contribution in [0.2, 0.25) is 0 Å². The highest BCUT2D eigenvalue weighted by molar-refractivity contribution is 7.89. The van der Waals surface area contributed by atoms with Crippen LogP contribution >= 0.6 is 0 Å². The zero-order valence-electron chi connectivity index (χ0n) is 11.3. The average Bonchev–Trinajstić information content (AvgIpc) is 2.81. The van der Waals surface area contributed by atoms with Crippen molar-refractivity contribution in [3.05, 3.63) is 33.9 Å². The van der Waals surface area contributed by atoms with Gasteiger partial charge in [-0.15, -0.1) is 10.2 Å². The van der Waals surface area contributed by atoms with Gasteiger partial charge in [-0.25, -0.2) is 13.6 Å². The number of nitrogens with two attached hydrogens (primary N) is 1. The van der Waals surface area contributed by atoms with Crippen LogP contribution in [0.3, 0.4) is 0 Å². The van der Waals surface area contributed by atoms with Gasteiger partial charge in [-0.1, -0.05) is 12.1 Å². The molecule has 0 aliphatic carbocycles. The fourth-order valence-electron chi connectivity index (χ4n) is 2.07. The Morgan fingerprint density at radius 3 is 2.57 bits per heavy atom. The minimum absolute atomic E-state index is 0.0944. The number of primary sulfonamides is 1. The lowest BCUT2D eigenvalue weighted by Gasteiger charge is -2.07. The van der Waals surface area contributed by atoms with E-state index >= 15 is 0 Å². The lowest BCUT2D eigenvalue weighted by atomic mass is 10.1. The number of benzene rings is 1. The fourth-order valence-corrected chi connectivity index (χ4v) is 2.74. The van der Waals surface area contributed by atoms with Crippen LogP contribution in [0, 0.1) is 17.0 Å². The van der Waals surface area contributed by atoms with E-state index in [-0.39, 0.29) is 23.6 Å². The molecule has 21 heavy (non-hydrogen) atoms. The summed E-state index contributed by atoms with van der Waals surface area (Å²) in [4.78, 5) is 10.7. The van der Waals surface area contributed by atoms with E-state index in [1.807, 2.05) is 0 Å². The van der Waals surface area contributed by atoms with Crippen molar-refractivity contribution >= 4 is 15.7 Å². The van der Waals surface area contributed by atoms with Crippen LogP contribution in [0.25, 0.3) is 11.4 Å². The largest absolute Gasteiger partial charge is 0.297 e. The number of nitro benzene ring substituents is 1. The van der Waals surface area contributed by atoms with Gasteiger partial charge in [0.1, 0.15) is 0 Å². The highest BCUT2D eigenvalue weighted by Gasteiger charge is 2.26. The zero-order chi connectivity index (χ0) is 15.8. The molecule has 9 nitrogen and oxygen atoms in total. The SMILES string of the molecule is CCn1c(-c2cccc(C)c2[N+](=O)[O-])nnc1S(N)(=O)=O. The van der Waals surface area contributed by atoms with Gasteiger partial charge in [-0.3, -0.25) is 14.7 Å². The number of hydrogen-bond donors (Lipinski definition) is 1. The Morgan fingerprint density at radius 2 is 2.05 bits per heavy atom. The van der Waals surface area contributed by atoms with Crippen LogP contribution in [0.15, 0.2) is 23.4 Å². The molecule has 0 radical (unpaired) electrons. The molecule has 0 aliphatic heterocycles. The second-order valence-corrected chi connectivity index (χ2v) is 5.78. The molecular formula is C11H13N5O4S. The molecule has 0 saturated carbocycles. The lowest BCUT2D eigenvalue weighted by molar-refractivity contribution is -0.384. The number of hydrogen-bond acceptors (Lipinski definition) is 6. The van der Waals surface area contributed by atoms with E-state index in [1.165, 1.54) is 10.6 Å². The predicted octanol–water partition coefficient (Wildman–Crippen LogP) is 0.829. The summed E-state index contributed by atoms with van der Waals surface area (Å²) in [5, 5.41) is 23.2. The fraction of sp³-hybridized carbons (Fsp3) is 0.273. The van der Waals surface area contributed by atoms with Gasteiger partial charge in [0.2, 0.25) is 0 Å². The normalized spacial score (nSPS) is 11.6. The molecule has 112 valence electrons. The summed E-state index contributed by atoms with van der Waals surface area (Å²) in [6, 6.07) is 4.71. The van der Waals surface area contributed by atoms with Crippen molar-refractivity contribution < 1.29 is 13.3 Å². The molecule has 0 bridgehead atoms. The molecule has 10 heteroatoms. The highest BCUT2D eigenvalue weighted by Crippen LogP contribution is 2.32. The Bertz CT molecular complexity index is 812. The third kappa shape index (κ3) is 2.62. The Balaban J connectivity index is 2.78. The highest BCUT2D eigenvalue weighted by atomic mass is 32.2. The first-order valence-corrected chi connectivity index (χ1v) is 7.52. The number of nitrogens with zero attached hydrogens (tertiary/aromatic N) is 4. The third-order valence-electron chi connectivity index (χ3n) is 2.95. The van der Waals surface area contributed by atoms with Crippen LogP contribution in [0.1, 0.15) is 12.5 Å². The maximum atomic E-state index is 11.5. The molecule has 0 unspecified atom stereocenters. The Hall–Kier alpha value is -2.33. The Morgan fingerprint density at radius 1 is 1.38 bits per heavy atom. The van der Waals surface area contributed by atoms with Crippen molar-refractivity contribution in [2.75, 3.05) is 0 Å². The van der Waals surface area contributed by atoms with Crippen molar-refractivity contribution in [2.24, 2.45) is 5.14 Å². The second-order valence-electron chi connectivity index (χ2n) is 4.32. The van der Waals surface area contributed by atoms with Gasteiger partial charge in [0.15, 0.2) is 5.82 Å². The van der Waals surface area contributed by atoms with Gasteiger partial charge < -0.3 is 0 Å². The summed E-state index contributed by atoms with van der Waals surface area (Å²) in [5.74, 6) is 0.0944. The van der Waals surface area contributed by atoms with Gasteiger partial charge in [0.25, 0.3) is 20.9 Å². The van der Waals surface area contributed by atoms with Gasteiger partial charge in [-0.05, 0) is 19.9 Å². The standard InChI is InChI=1S/C11H13N5O4S/c1-3-15-10(13-14-11(15)21(12,19)20)8-6-4-5-7(2)9(8)16(17)18/h4-6H,3H2,1-2H3,(H2,12,19,20). The van der Waals surface area contributed by atoms with Crippen LogP contribution in [0.5, 0.6) is 0 Å². The van der Waals surface area contributed by atoms with Crippen molar-refractivity contribution in [1.29, 1.82) is 0 Å². The summed E-state index contributed by atoms with van der Waals surface area (Å²) in [6.07, 6.45) is 0. The molecule has 1 heterocycles. The first-order chi connectivity index (χ1) is 9.77. The van der Waals surface area contributed by atoms with Gasteiger partial charge in [0, 0.05) is 12.1 Å². The van der Waals surface area contributed by atoms with Crippen molar-refractivity contribution in [3.8, 4) is 11.4 Å². The van der Waals surface area contributed by atoms with Crippen LogP contribution < -0.4 is 5.14 Å². The van der Waals surface area contributed by atoms with Crippen molar-refractivity contribution in [1.82, 2.24) is 14.8 Å². The number of nitro groups is 1. The topological polar surface area (TPSA) is 134 Å². The molecule has 0 fully saturated rings. The number of sulfonamides is 1. The lowest BCUT2D eigenvalue weighted by Crippen LogP contribution is -2.18. The molecule has 2 rings (SSSR count). The number of rotatable bonds is 4. The summed E-state index contributed by atoms with van der Waals surface area (Å²) < 4.78 is 24.2. The molecular weight excluding hydrogens is 298 g/mol. The molecule has 0 amide bonds. The monoisotopic (exact) mass is 311 g/mol. The van der Waals surface area contributed by atoms with Crippen molar-refractivity contribution in [3.63, 3.8) is 0 Å². The summed E-state index contributed by atoms with van der Waals surface area (Å²) in [5.41, 5.74) is 0.505. The smallest absolute Gasteiger partial charge is 0.283 e. The Labute approximate surface area is 120 Å². The number of aryl methyl sites for hydroxylation is 1. The summed E-state index contributed by atoms with van der Waals surface area (Å²) >= 11 is 0. The first kappa shape index (κ1) is 15.1. The molecule has 0 atom stereocenters. The average molecular weight is 311 g/mol. The number of para-hydroxylation sites is 1. The molecule has 0 saturated heterocycles. The second kappa shape index (κ2) is 5.22. The van der Waals surface area contributed by atoms with E-state index in [1.54, 1.807) is 26.0 Å². The van der Waals surface area contributed by atoms with Crippen LogP contribution in [-0.4, -0.2) is 28.1 Å². The molecule has 2 aromatic rings. The minimum Gasteiger partial charge on any atom is -0.297 e. The molecule has 1 aromatic heterocycles. The molecule has 2 N–H and O–H groups in total. The predicted molar refractivity (Wildman–Crippen MR) is 73.9 cm³/mol. The Kier molecular flexibility index (Phi) is 3.75. The van der Waals surface area contributed by atoms with E-state index < -0.39 is 20.1 Å². The molecule has 1 aromatic carbocycles. The number of aromatic nitrogens is 3. The first-order valence-electron chi connectivity index (χ1n) is 5.97. The van der Waals surface area contributed by atoms with E-state index in [9.17, 15) is 18.5 Å². The third-order valence-corrected chi connectivity index (χ3v) is 3.76. The molecule has 0 aliphatic rings.